The molecule has 1 aromatic carbocycles. The number of carbonyl (C=O) groups excluding carboxylic acids is 1. The van der Waals surface area contributed by atoms with Gasteiger partial charge >= 0.3 is 0 Å². The van der Waals surface area contributed by atoms with Crippen LogP contribution in [-0.2, 0) is 0 Å². The molecule has 0 amide bonds. The van der Waals surface area contributed by atoms with Crippen LogP contribution in [0.25, 0.3) is 10.9 Å². The largest absolute Gasteiger partial charge is 0.321 e. The van der Waals surface area contributed by atoms with Gasteiger partial charge in [0.25, 0.3) is 5.56 Å². The van der Waals surface area contributed by atoms with Gasteiger partial charge in [-0.1, -0.05) is 34.1 Å². The second-order valence-electron chi connectivity index (χ2n) is 3.16. The van der Waals surface area contributed by atoms with Crippen LogP contribution < -0.4 is 5.56 Å². The molecule has 0 spiro atoms. The Labute approximate surface area is 94.3 Å². The molecular weight excluding hydrogens is 258 g/mol. The number of rotatable bonds is 2. The molecule has 0 aliphatic heterocycles. The van der Waals surface area contributed by atoms with E-state index in [9.17, 15) is 9.59 Å². The van der Waals surface area contributed by atoms with E-state index in [1.165, 1.54) is 0 Å². The van der Waals surface area contributed by atoms with E-state index in [-0.39, 0.29) is 22.2 Å². The highest BCUT2D eigenvalue weighted by Crippen LogP contribution is 2.10. The average molecular weight is 266 g/mol. The Balaban J connectivity index is 2.73. The van der Waals surface area contributed by atoms with Crippen LogP contribution in [0, 0.1) is 0 Å². The van der Waals surface area contributed by atoms with Gasteiger partial charge in [-0.15, -0.1) is 0 Å². The van der Waals surface area contributed by atoms with Gasteiger partial charge in [0.2, 0.25) is 0 Å². The van der Waals surface area contributed by atoms with Crippen LogP contribution in [-0.4, -0.2) is 16.1 Å². The van der Waals surface area contributed by atoms with Crippen LogP contribution in [0.3, 0.4) is 0 Å². The number of Topliss-reactive ketones (excluding diaryl/α,β-unsaturated/α-hetero) is 1. The fourth-order valence-corrected chi connectivity index (χ4v) is 1.73. The summed E-state index contributed by atoms with van der Waals surface area (Å²) in [6, 6.07) is 8.99. The van der Waals surface area contributed by atoms with Crippen molar-refractivity contribution in [3.63, 3.8) is 0 Å². The summed E-state index contributed by atoms with van der Waals surface area (Å²) in [6.07, 6.45) is 0. The highest BCUT2D eigenvalue weighted by atomic mass is 79.9. The zero-order valence-electron chi connectivity index (χ0n) is 7.79. The molecule has 0 saturated heterocycles. The lowest BCUT2D eigenvalue weighted by Gasteiger charge is -2.00. The number of aromatic nitrogens is 1. The van der Waals surface area contributed by atoms with Gasteiger partial charge < -0.3 is 4.98 Å². The second-order valence-corrected chi connectivity index (χ2v) is 3.72. The molecule has 0 fully saturated rings. The minimum atomic E-state index is -0.335. The highest BCUT2D eigenvalue weighted by molar-refractivity contribution is 9.09. The van der Waals surface area contributed by atoms with Gasteiger partial charge in [-0.25, -0.2) is 0 Å². The third-order valence-corrected chi connectivity index (χ3v) is 2.68. The molecule has 0 aliphatic carbocycles. The molecule has 0 saturated carbocycles. The molecule has 1 N–H and O–H groups in total. The lowest BCUT2D eigenvalue weighted by Crippen LogP contribution is -2.18. The van der Waals surface area contributed by atoms with Crippen LogP contribution in [0.2, 0.25) is 0 Å². The first-order chi connectivity index (χ1) is 7.22. The maximum Gasteiger partial charge on any atom is 0.259 e. The number of alkyl halides is 1. The molecule has 0 atom stereocenters. The molecule has 0 aliphatic rings. The first-order valence-electron chi connectivity index (χ1n) is 4.43. The Morgan fingerprint density at radius 3 is 2.80 bits per heavy atom. The molecule has 1 aromatic heterocycles. The highest BCUT2D eigenvalue weighted by Gasteiger charge is 2.09. The maximum atomic E-state index is 11.5. The number of halogens is 1. The monoisotopic (exact) mass is 265 g/mol. The van der Waals surface area contributed by atoms with Crippen molar-refractivity contribution in [3.8, 4) is 0 Å². The molecule has 76 valence electrons. The number of ketones is 1. The zero-order chi connectivity index (χ0) is 10.8. The molecule has 15 heavy (non-hydrogen) atoms. The average Bonchev–Trinajstić information content (AvgIpc) is 2.27. The minimum Gasteiger partial charge on any atom is -0.321 e. The van der Waals surface area contributed by atoms with Gasteiger partial charge in [0, 0.05) is 5.52 Å². The number of H-pyrrole nitrogens is 1. The van der Waals surface area contributed by atoms with E-state index in [2.05, 4.69) is 20.9 Å². The normalized spacial score (nSPS) is 10.5. The van der Waals surface area contributed by atoms with Crippen molar-refractivity contribution < 1.29 is 4.79 Å². The molecule has 2 rings (SSSR count). The summed E-state index contributed by atoms with van der Waals surface area (Å²) >= 11 is 3.05. The Hall–Kier alpha value is -1.42. The van der Waals surface area contributed by atoms with E-state index in [4.69, 9.17) is 0 Å². The Bertz CT molecular complexity index is 574. The first-order valence-corrected chi connectivity index (χ1v) is 5.56. The van der Waals surface area contributed by atoms with E-state index in [0.29, 0.717) is 0 Å². The molecule has 3 nitrogen and oxygen atoms in total. The van der Waals surface area contributed by atoms with Crippen molar-refractivity contribution in [3.05, 3.63) is 46.2 Å². The zero-order valence-corrected chi connectivity index (χ0v) is 9.37. The number of benzene rings is 1. The third kappa shape index (κ3) is 1.85. The number of hydrogen-bond donors (Lipinski definition) is 1. The number of hydrogen-bond acceptors (Lipinski definition) is 2. The predicted octanol–water partition coefficient (Wildman–Crippen LogP) is 2.11. The lowest BCUT2D eigenvalue weighted by molar-refractivity contribution is 0.102. The minimum absolute atomic E-state index is 0.161. The molecule has 0 radical (unpaired) electrons. The van der Waals surface area contributed by atoms with Gasteiger partial charge in [0.15, 0.2) is 5.78 Å². The van der Waals surface area contributed by atoms with Crippen LogP contribution in [0.4, 0.5) is 0 Å². The van der Waals surface area contributed by atoms with Gasteiger partial charge in [0.05, 0.1) is 10.9 Å². The number of aromatic amines is 1. The number of fused-ring (bicyclic) bond motifs is 1. The maximum absolute atomic E-state index is 11.5. The predicted molar refractivity (Wildman–Crippen MR) is 62.7 cm³/mol. The van der Waals surface area contributed by atoms with Crippen LogP contribution in [0.5, 0.6) is 0 Å². The quantitative estimate of drug-likeness (QED) is 0.668. The van der Waals surface area contributed by atoms with E-state index >= 15 is 0 Å². The van der Waals surface area contributed by atoms with E-state index in [1.54, 1.807) is 12.1 Å². The van der Waals surface area contributed by atoms with Crippen LogP contribution >= 0.6 is 15.9 Å². The Morgan fingerprint density at radius 2 is 2.07 bits per heavy atom. The van der Waals surface area contributed by atoms with Crippen molar-refractivity contribution in [2.75, 3.05) is 5.33 Å². The smallest absolute Gasteiger partial charge is 0.259 e. The Kier molecular flexibility index (Phi) is 2.68. The summed E-state index contributed by atoms with van der Waals surface area (Å²) in [5, 5.41) is 1.02. The molecule has 4 heteroatoms. The van der Waals surface area contributed by atoms with Crippen LogP contribution in [0.15, 0.2) is 35.1 Å². The van der Waals surface area contributed by atoms with Gasteiger partial charge in [-0.2, -0.15) is 0 Å². The molecule has 1 heterocycles. The Morgan fingerprint density at radius 1 is 1.33 bits per heavy atom. The van der Waals surface area contributed by atoms with Crippen molar-refractivity contribution in [2.45, 2.75) is 0 Å². The summed E-state index contributed by atoms with van der Waals surface area (Å²) in [7, 11) is 0. The van der Waals surface area contributed by atoms with Crippen molar-refractivity contribution in [2.24, 2.45) is 0 Å². The fraction of sp³-hybridized carbons (Fsp3) is 0.0909. The number of nitrogens with one attached hydrogen (secondary N) is 1. The summed E-state index contributed by atoms with van der Waals surface area (Å²) in [4.78, 5) is 25.6. The van der Waals surface area contributed by atoms with Gasteiger partial charge in [0.1, 0.15) is 0 Å². The fourth-order valence-electron chi connectivity index (χ4n) is 1.43. The van der Waals surface area contributed by atoms with Gasteiger partial charge in [-0.3, -0.25) is 9.59 Å². The topological polar surface area (TPSA) is 49.9 Å². The van der Waals surface area contributed by atoms with Crippen molar-refractivity contribution in [1.29, 1.82) is 0 Å². The van der Waals surface area contributed by atoms with E-state index in [1.807, 2.05) is 18.2 Å². The third-order valence-electron chi connectivity index (χ3n) is 2.18. The van der Waals surface area contributed by atoms with E-state index in [0.717, 1.165) is 10.9 Å². The standard InChI is InChI=1S/C11H8BrNO2/c12-6-10(14)8-5-7-3-1-2-4-9(7)13-11(8)15/h1-5H,6H2,(H,13,15). The number of para-hydroxylation sites is 1. The summed E-state index contributed by atoms with van der Waals surface area (Å²) < 4.78 is 0. The van der Waals surface area contributed by atoms with Crippen LogP contribution in [0.1, 0.15) is 10.4 Å². The van der Waals surface area contributed by atoms with Gasteiger partial charge in [-0.05, 0) is 17.5 Å². The molecule has 2 aromatic rings. The van der Waals surface area contributed by atoms with E-state index < -0.39 is 0 Å². The lowest BCUT2D eigenvalue weighted by atomic mass is 10.1. The van der Waals surface area contributed by atoms with Crippen molar-refractivity contribution in [1.82, 2.24) is 4.98 Å². The summed E-state index contributed by atoms with van der Waals surface area (Å²) in [5.41, 5.74) is 0.609. The first kappa shape index (κ1) is 10.1. The number of carbonyl (C=O) groups is 1. The molecular formula is C11H8BrNO2. The number of pyridine rings is 1. The SMILES string of the molecule is O=C(CBr)c1cc2ccccc2[nH]c1=O. The summed E-state index contributed by atoms with van der Waals surface area (Å²) in [5.74, 6) is -0.206. The summed E-state index contributed by atoms with van der Waals surface area (Å²) in [6.45, 7) is 0. The molecule has 0 bridgehead atoms. The molecule has 0 unspecified atom stereocenters. The second kappa shape index (κ2) is 3.98. The van der Waals surface area contributed by atoms with Crippen molar-refractivity contribution >= 4 is 32.6 Å².